The number of carbonyl (C=O) groups excluding carboxylic acids is 1. The van der Waals surface area contributed by atoms with Gasteiger partial charge in [0.2, 0.25) is 5.91 Å². The summed E-state index contributed by atoms with van der Waals surface area (Å²) in [7, 11) is 3.39. The van der Waals surface area contributed by atoms with Gasteiger partial charge in [-0.2, -0.15) is 0 Å². The van der Waals surface area contributed by atoms with E-state index in [9.17, 15) is 4.79 Å². The van der Waals surface area contributed by atoms with Crippen molar-refractivity contribution in [3.8, 4) is 11.5 Å². The molecule has 0 unspecified atom stereocenters. The van der Waals surface area contributed by atoms with E-state index in [1.54, 1.807) is 14.2 Å². The molecule has 28 heavy (non-hydrogen) atoms. The molecule has 1 amide bonds. The van der Waals surface area contributed by atoms with E-state index < -0.39 is 0 Å². The highest BCUT2D eigenvalue weighted by molar-refractivity contribution is 6.04. The summed E-state index contributed by atoms with van der Waals surface area (Å²) in [6.45, 7) is 1.74. The van der Waals surface area contributed by atoms with Gasteiger partial charge >= 0.3 is 0 Å². The summed E-state index contributed by atoms with van der Waals surface area (Å²) in [5.41, 5.74) is 1.78. The Morgan fingerprint density at radius 3 is 2.75 bits per heavy atom. The van der Waals surface area contributed by atoms with Crippen LogP contribution in [0.3, 0.4) is 0 Å². The van der Waals surface area contributed by atoms with Crippen molar-refractivity contribution in [1.29, 1.82) is 0 Å². The van der Waals surface area contributed by atoms with E-state index in [4.69, 9.17) is 9.47 Å². The molecule has 5 rings (SSSR count). The topological polar surface area (TPSA) is 42.0 Å². The van der Waals surface area contributed by atoms with E-state index in [0.29, 0.717) is 5.92 Å². The second-order valence-electron chi connectivity index (χ2n) is 8.03. The van der Waals surface area contributed by atoms with Gasteiger partial charge in [0.1, 0.15) is 17.0 Å². The second kappa shape index (κ2) is 6.52. The number of benzene rings is 2. The zero-order valence-electron chi connectivity index (χ0n) is 16.4. The molecule has 3 heterocycles. The van der Waals surface area contributed by atoms with E-state index >= 15 is 0 Å². The molecule has 1 spiro atoms. The fraction of sp³-hybridized carbons (Fsp3) is 0.435. The Balaban J connectivity index is 1.50. The van der Waals surface area contributed by atoms with E-state index in [-0.39, 0.29) is 17.5 Å². The van der Waals surface area contributed by atoms with Gasteiger partial charge in [-0.05, 0) is 44.0 Å². The molecule has 146 valence electrons. The van der Waals surface area contributed by atoms with E-state index in [2.05, 4.69) is 17.0 Å². The van der Waals surface area contributed by atoms with Crippen LogP contribution in [0.25, 0.3) is 0 Å². The van der Waals surface area contributed by atoms with Gasteiger partial charge in [0.05, 0.1) is 14.2 Å². The Labute approximate surface area is 165 Å². The highest BCUT2D eigenvalue weighted by atomic mass is 16.5. The third kappa shape index (κ3) is 2.32. The maximum absolute atomic E-state index is 13.7. The van der Waals surface area contributed by atoms with Gasteiger partial charge in [0, 0.05) is 35.8 Å². The lowest BCUT2D eigenvalue weighted by Gasteiger charge is -2.34. The predicted octanol–water partition coefficient (Wildman–Crippen LogP) is 3.65. The number of hydrogen-bond donors (Lipinski definition) is 0. The Morgan fingerprint density at radius 1 is 1.07 bits per heavy atom. The fourth-order valence-electron chi connectivity index (χ4n) is 5.73. The van der Waals surface area contributed by atoms with Crippen molar-refractivity contribution < 1.29 is 14.3 Å². The third-order valence-corrected chi connectivity index (χ3v) is 6.91. The molecule has 0 bridgehead atoms. The van der Waals surface area contributed by atoms with Gasteiger partial charge < -0.3 is 14.4 Å². The van der Waals surface area contributed by atoms with Crippen LogP contribution in [0.2, 0.25) is 0 Å². The summed E-state index contributed by atoms with van der Waals surface area (Å²) < 4.78 is 11.0. The highest BCUT2D eigenvalue weighted by Crippen LogP contribution is 2.57. The quantitative estimate of drug-likeness (QED) is 0.815. The molecule has 0 aliphatic carbocycles. The zero-order chi connectivity index (χ0) is 19.3. The largest absolute Gasteiger partial charge is 0.497 e. The Morgan fingerprint density at radius 2 is 1.93 bits per heavy atom. The maximum atomic E-state index is 13.7. The molecule has 3 aliphatic heterocycles. The molecular formula is C23H26N2O3. The lowest BCUT2D eigenvalue weighted by molar-refractivity contribution is -0.126. The van der Waals surface area contributed by atoms with E-state index in [1.165, 1.54) is 5.56 Å². The van der Waals surface area contributed by atoms with Crippen LogP contribution in [0.4, 0.5) is 5.69 Å². The molecule has 3 fully saturated rings. The lowest BCUT2D eigenvalue weighted by atomic mass is 9.85. The molecule has 0 saturated carbocycles. The van der Waals surface area contributed by atoms with Crippen LogP contribution in [-0.4, -0.2) is 43.7 Å². The number of carbonyl (C=O) groups is 1. The molecule has 0 N–H and O–H groups in total. The van der Waals surface area contributed by atoms with E-state index in [1.807, 2.05) is 41.3 Å². The number of hydrogen-bond acceptors (Lipinski definition) is 4. The van der Waals surface area contributed by atoms with E-state index in [0.717, 1.165) is 49.5 Å². The van der Waals surface area contributed by atoms with Gasteiger partial charge in [-0.1, -0.05) is 24.3 Å². The van der Waals surface area contributed by atoms with Crippen LogP contribution in [0.15, 0.2) is 48.5 Å². The monoisotopic (exact) mass is 378 g/mol. The molecule has 3 aliphatic rings. The smallest absolute Gasteiger partial charge is 0.247 e. The van der Waals surface area contributed by atoms with Gasteiger partial charge in [-0.25, -0.2) is 0 Å². The van der Waals surface area contributed by atoms with Gasteiger partial charge in [-0.3, -0.25) is 9.69 Å². The number of anilines is 1. The molecule has 5 heteroatoms. The first-order valence-corrected chi connectivity index (χ1v) is 10.0. The maximum Gasteiger partial charge on any atom is 0.247 e. The molecule has 0 radical (unpaired) electrons. The average Bonchev–Trinajstić information content (AvgIpc) is 3.38. The number of ether oxygens (including phenoxy) is 2. The van der Waals surface area contributed by atoms with Crippen molar-refractivity contribution >= 4 is 11.6 Å². The summed E-state index contributed by atoms with van der Waals surface area (Å²) in [5, 5.41) is 0. The Hall–Kier alpha value is -2.53. The number of para-hydroxylation sites is 1. The minimum absolute atomic E-state index is 0.250. The number of rotatable bonds is 4. The van der Waals surface area contributed by atoms with Gasteiger partial charge in [-0.15, -0.1) is 0 Å². The van der Waals surface area contributed by atoms with Crippen LogP contribution in [-0.2, 0) is 4.79 Å². The van der Waals surface area contributed by atoms with Gasteiger partial charge in [0.15, 0.2) is 0 Å². The molecule has 2 aromatic carbocycles. The lowest BCUT2D eigenvalue weighted by Crippen LogP contribution is -2.49. The third-order valence-electron chi connectivity index (χ3n) is 6.91. The summed E-state index contributed by atoms with van der Waals surface area (Å²) in [6.07, 6.45) is 3.01. The minimum atomic E-state index is -0.366. The normalized spacial score (nSPS) is 29.1. The van der Waals surface area contributed by atoms with Crippen molar-refractivity contribution in [2.45, 2.75) is 30.8 Å². The molecule has 5 nitrogen and oxygen atoms in total. The van der Waals surface area contributed by atoms with Crippen LogP contribution >= 0.6 is 0 Å². The zero-order valence-corrected chi connectivity index (χ0v) is 16.4. The van der Waals surface area contributed by atoms with Crippen LogP contribution < -0.4 is 14.4 Å². The Kier molecular flexibility index (Phi) is 4.09. The molecule has 0 aromatic heterocycles. The summed E-state index contributed by atoms with van der Waals surface area (Å²) in [5.74, 6) is 2.30. The second-order valence-corrected chi connectivity index (χ2v) is 8.03. The summed E-state index contributed by atoms with van der Waals surface area (Å²) >= 11 is 0. The molecular weight excluding hydrogens is 352 g/mol. The first-order valence-electron chi connectivity index (χ1n) is 10.0. The summed E-state index contributed by atoms with van der Waals surface area (Å²) in [4.78, 5) is 18.2. The predicted molar refractivity (Wildman–Crippen MR) is 108 cm³/mol. The van der Waals surface area contributed by atoms with Crippen LogP contribution in [0.1, 0.15) is 30.9 Å². The van der Waals surface area contributed by atoms with Crippen LogP contribution in [0.5, 0.6) is 11.5 Å². The fourth-order valence-corrected chi connectivity index (χ4v) is 5.73. The van der Waals surface area contributed by atoms with Crippen molar-refractivity contribution in [2.75, 3.05) is 32.2 Å². The number of methoxy groups -OCH3 is 2. The van der Waals surface area contributed by atoms with Crippen molar-refractivity contribution in [3.05, 3.63) is 54.1 Å². The number of amides is 1. The van der Waals surface area contributed by atoms with Crippen molar-refractivity contribution in [3.63, 3.8) is 0 Å². The molecule has 3 atom stereocenters. The Bertz CT molecular complexity index is 914. The highest BCUT2D eigenvalue weighted by Gasteiger charge is 2.65. The summed E-state index contributed by atoms with van der Waals surface area (Å²) in [6, 6.07) is 16.4. The molecule has 2 aromatic rings. The SMILES string of the molecule is COc1cccc(N2C[C@@H]3C[C@@H](c4ccccc4OC)N4CCC[C@@]34C2=O)c1. The first-order chi connectivity index (χ1) is 13.7. The number of nitrogens with zero attached hydrogens (tertiary/aromatic N) is 2. The van der Waals surface area contributed by atoms with Crippen molar-refractivity contribution in [2.24, 2.45) is 5.92 Å². The minimum Gasteiger partial charge on any atom is -0.497 e. The van der Waals surface area contributed by atoms with Gasteiger partial charge in [0.25, 0.3) is 0 Å². The van der Waals surface area contributed by atoms with Crippen LogP contribution in [0, 0.1) is 5.92 Å². The standard InChI is InChI=1S/C23H26N2O3/c1-27-18-8-5-7-17(14-18)24-15-16-13-20(19-9-3-4-10-21(19)28-2)25-12-6-11-23(16,25)22(24)26/h3-5,7-10,14,16,20H,6,11-13,15H2,1-2H3/t16-,20-,23-/m0/s1. The van der Waals surface area contributed by atoms with Crippen molar-refractivity contribution in [1.82, 2.24) is 4.90 Å². The molecule has 3 saturated heterocycles. The average molecular weight is 378 g/mol. The first kappa shape index (κ1) is 17.6.